The van der Waals surface area contributed by atoms with Crippen molar-refractivity contribution >= 4 is 17.1 Å². The molecule has 3 heterocycles. The summed E-state index contributed by atoms with van der Waals surface area (Å²) in [6.07, 6.45) is 4.16. The average Bonchev–Trinajstić information content (AvgIpc) is 2.84. The molecule has 2 aromatic rings. The zero-order valence-electron chi connectivity index (χ0n) is 14.5. The summed E-state index contributed by atoms with van der Waals surface area (Å²) in [6.45, 7) is 8.52. The molecule has 0 unspecified atom stereocenters. The van der Waals surface area contributed by atoms with Crippen LogP contribution in [0, 0.1) is 12.7 Å². The maximum absolute atomic E-state index is 14.2. The van der Waals surface area contributed by atoms with Crippen molar-refractivity contribution in [2.75, 3.05) is 13.1 Å². The molecule has 0 saturated carbocycles. The predicted molar refractivity (Wildman–Crippen MR) is 88.3 cm³/mol. The number of likely N-dealkylation sites (tertiary alicyclic amines) is 1. The van der Waals surface area contributed by atoms with Crippen molar-refractivity contribution in [3.05, 3.63) is 24.0 Å². The molecule has 2 aromatic heterocycles. The quantitative estimate of drug-likeness (QED) is 0.801. The van der Waals surface area contributed by atoms with E-state index < -0.39 is 5.60 Å². The van der Waals surface area contributed by atoms with Gasteiger partial charge in [0.2, 0.25) is 0 Å². The van der Waals surface area contributed by atoms with E-state index in [1.807, 2.05) is 25.3 Å². The van der Waals surface area contributed by atoms with Crippen LogP contribution in [-0.4, -0.2) is 44.2 Å². The number of carbonyl (C=O) groups is 1. The molecular weight excluding hydrogens is 311 g/mol. The third kappa shape index (κ3) is 3.20. The molecule has 3 rings (SSSR count). The molecule has 0 aliphatic carbocycles. The standard InChI is InChI=1S/C17H23FN4O2/c1-11-14-13(18)9-22(15(14)20-10-19-11)12-5-7-21(8-6-12)16(23)24-17(2,3)4/h9-10,12H,5-8H2,1-4H3. The molecule has 7 heteroatoms. The zero-order valence-corrected chi connectivity index (χ0v) is 14.5. The van der Waals surface area contributed by atoms with E-state index in [1.54, 1.807) is 11.8 Å². The minimum atomic E-state index is -0.498. The molecule has 1 amide bonds. The monoisotopic (exact) mass is 334 g/mol. The predicted octanol–water partition coefficient (Wildman–Crippen LogP) is 3.45. The maximum Gasteiger partial charge on any atom is 0.410 e. The molecule has 24 heavy (non-hydrogen) atoms. The van der Waals surface area contributed by atoms with Crippen molar-refractivity contribution in [2.45, 2.75) is 52.2 Å². The summed E-state index contributed by atoms with van der Waals surface area (Å²) in [5.74, 6) is -0.294. The summed E-state index contributed by atoms with van der Waals surface area (Å²) in [4.78, 5) is 22.2. The topological polar surface area (TPSA) is 60.2 Å². The molecule has 0 aromatic carbocycles. The van der Waals surface area contributed by atoms with E-state index in [0.29, 0.717) is 29.8 Å². The molecule has 0 atom stereocenters. The first kappa shape index (κ1) is 16.7. The summed E-state index contributed by atoms with van der Waals surface area (Å²) in [5, 5.41) is 0.479. The summed E-state index contributed by atoms with van der Waals surface area (Å²) in [7, 11) is 0. The third-order valence-electron chi connectivity index (χ3n) is 4.26. The number of halogens is 1. The van der Waals surface area contributed by atoms with Crippen molar-refractivity contribution in [3.8, 4) is 0 Å². The number of fused-ring (bicyclic) bond motifs is 1. The fraction of sp³-hybridized carbons (Fsp3) is 0.588. The summed E-state index contributed by atoms with van der Waals surface area (Å²) in [6, 6.07) is 0.116. The van der Waals surface area contributed by atoms with Crippen molar-refractivity contribution in [1.82, 2.24) is 19.4 Å². The number of rotatable bonds is 1. The van der Waals surface area contributed by atoms with E-state index in [4.69, 9.17) is 4.74 Å². The highest BCUT2D eigenvalue weighted by atomic mass is 19.1. The van der Waals surface area contributed by atoms with Crippen LogP contribution in [0.25, 0.3) is 11.0 Å². The Kier molecular flexibility index (Phi) is 4.19. The van der Waals surface area contributed by atoms with E-state index in [9.17, 15) is 9.18 Å². The van der Waals surface area contributed by atoms with Crippen LogP contribution in [0.3, 0.4) is 0 Å². The number of aromatic nitrogens is 3. The van der Waals surface area contributed by atoms with Crippen molar-refractivity contribution in [3.63, 3.8) is 0 Å². The Bertz CT molecular complexity index is 758. The van der Waals surface area contributed by atoms with Crippen LogP contribution in [0.2, 0.25) is 0 Å². The number of hydrogen-bond acceptors (Lipinski definition) is 4. The molecule has 1 saturated heterocycles. The highest BCUT2D eigenvalue weighted by Gasteiger charge is 2.28. The number of aryl methyl sites for hydroxylation is 1. The molecule has 1 aliphatic rings. The van der Waals surface area contributed by atoms with Crippen LogP contribution in [-0.2, 0) is 4.74 Å². The van der Waals surface area contributed by atoms with Gasteiger partial charge in [-0.2, -0.15) is 0 Å². The number of amides is 1. The molecule has 0 N–H and O–H groups in total. The van der Waals surface area contributed by atoms with Gasteiger partial charge in [-0.05, 0) is 40.5 Å². The van der Waals surface area contributed by atoms with Gasteiger partial charge in [-0.25, -0.2) is 19.2 Å². The minimum Gasteiger partial charge on any atom is -0.444 e. The molecule has 0 spiro atoms. The van der Waals surface area contributed by atoms with E-state index in [-0.39, 0.29) is 18.0 Å². The van der Waals surface area contributed by atoms with Crippen LogP contribution >= 0.6 is 0 Å². The molecule has 0 bridgehead atoms. The zero-order chi connectivity index (χ0) is 17.5. The molecule has 130 valence electrons. The molecular formula is C17H23FN4O2. The van der Waals surface area contributed by atoms with Crippen molar-refractivity contribution in [2.24, 2.45) is 0 Å². The van der Waals surface area contributed by atoms with Crippen LogP contribution < -0.4 is 0 Å². The Hall–Kier alpha value is -2.18. The van der Waals surface area contributed by atoms with Gasteiger partial charge in [0.25, 0.3) is 0 Å². The van der Waals surface area contributed by atoms with Gasteiger partial charge < -0.3 is 14.2 Å². The Balaban J connectivity index is 1.74. The van der Waals surface area contributed by atoms with Crippen molar-refractivity contribution in [1.29, 1.82) is 0 Å². The average molecular weight is 334 g/mol. The van der Waals surface area contributed by atoms with Crippen LogP contribution in [0.4, 0.5) is 9.18 Å². The molecule has 1 fully saturated rings. The number of ether oxygens (including phenoxy) is 1. The highest BCUT2D eigenvalue weighted by molar-refractivity contribution is 5.79. The highest BCUT2D eigenvalue weighted by Crippen LogP contribution is 2.29. The Morgan fingerprint density at radius 3 is 2.58 bits per heavy atom. The summed E-state index contributed by atoms with van der Waals surface area (Å²) >= 11 is 0. The number of nitrogens with zero attached hydrogens (tertiary/aromatic N) is 4. The van der Waals surface area contributed by atoms with Crippen molar-refractivity contribution < 1.29 is 13.9 Å². The number of hydrogen-bond donors (Lipinski definition) is 0. The molecule has 6 nitrogen and oxygen atoms in total. The normalized spacial score (nSPS) is 16.6. The minimum absolute atomic E-state index is 0.116. The van der Waals surface area contributed by atoms with Gasteiger partial charge in [-0.1, -0.05) is 0 Å². The largest absolute Gasteiger partial charge is 0.444 e. The van der Waals surface area contributed by atoms with Crippen LogP contribution in [0.1, 0.15) is 45.3 Å². The lowest BCUT2D eigenvalue weighted by atomic mass is 10.1. The third-order valence-corrected chi connectivity index (χ3v) is 4.26. The van der Waals surface area contributed by atoms with Gasteiger partial charge in [0.1, 0.15) is 17.6 Å². The number of piperidine rings is 1. The lowest BCUT2D eigenvalue weighted by Crippen LogP contribution is -2.42. The summed E-state index contributed by atoms with van der Waals surface area (Å²) in [5.41, 5.74) is 0.764. The van der Waals surface area contributed by atoms with Gasteiger partial charge in [-0.15, -0.1) is 0 Å². The fourth-order valence-electron chi connectivity index (χ4n) is 3.12. The maximum atomic E-state index is 14.2. The van der Waals surface area contributed by atoms with E-state index in [0.717, 1.165) is 12.8 Å². The second-order valence-electron chi connectivity index (χ2n) is 7.24. The first-order valence-electron chi connectivity index (χ1n) is 8.22. The van der Waals surface area contributed by atoms with Gasteiger partial charge in [-0.3, -0.25) is 0 Å². The Labute approximate surface area is 140 Å². The van der Waals surface area contributed by atoms with Gasteiger partial charge in [0.05, 0.1) is 11.1 Å². The lowest BCUT2D eigenvalue weighted by molar-refractivity contribution is 0.0189. The second-order valence-corrected chi connectivity index (χ2v) is 7.24. The SMILES string of the molecule is Cc1ncnc2c1c(F)cn2C1CCN(C(=O)OC(C)(C)C)CC1. The fourth-order valence-corrected chi connectivity index (χ4v) is 3.12. The first-order valence-corrected chi connectivity index (χ1v) is 8.22. The van der Waals surface area contributed by atoms with E-state index >= 15 is 0 Å². The van der Waals surface area contributed by atoms with E-state index in [2.05, 4.69) is 9.97 Å². The summed E-state index contributed by atoms with van der Waals surface area (Å²) < 4.78 is 21.5. The lowest BCUT2D eigenvalue weighted by Gasteiger charge is -2.34. The van der Waals surface area contributed by atoms with E-state index in [1.165, 1.54) is 12.5 Å². The first-order chi connectivity index (χ1) is 11.3. The van der Waals surface area contributed by atoms with Gasteiger partial charge in [0.15, 0.2) is 5.82 Å². The Morgan fingerprint density at radius 2 is 1.96 bits per heavy atom. The number of carbonyl (C=O) groups excluding carboxylic acids is 1. The van der Waals surface area contributed by atoms with Crippen LogP contribution in [0.5, 0.6) is 0 Å². The van der Waals surface area contributed by atoms with Gasteiger partial charge in [0, 0.05) is 25.3 Å². The Morgan fingerprint density at radius 1 is 1.29 bits per heavy atom. The molecule has 0 radical (unpaired) electrons. The van der Waals surface area contributed by atoms with Gasteiger partial charge >= 0.3 is 6.09 Å². The smallest absolute Gasteiger partial charge is 0.410 e. The molecule has 1 aliphatic heterocycles. The second kappa shape index (κ2) is 6.03. The van der Waals surface area contributed by atoms with Crippen LogP contribution in [0.15, 0.2) is 12.5 Å².